The molecule has 0 saturated carbocycles. The summed E-state index contributed by atoms with van der Waals surface area (Å²) in [5.41, 5.74) is 1.30. The van der Waals surface area contributed by atoms with Gasteiger partial charge in [0, 0.05) is 9.13 Å². The van der Waals surface area contributed by atoms with Crippen LogP contribution in [0.1, 0.15) is 12.5 Å². The van der Waals surface area contributed by atoms with Gasteiger partial charge >= 0.3 is 0 Å². The van der Waals surface area contributed by atoms with Crippen LogP contribution in [-0.2, 0) is 10.0 Å². The maximum atomic E-state index is 11.4. The molecule has 0 spiro atoms. The summed E-state index contributed by atoms with van der Waals surface area (Å²) in [6.07, 6.45) is 0. The van der Waals surface area contributed by atoms with E-state index >= 15 is 0 Å². The van der Waals surface area contributed by atoms with Crippen molar-refractivity contribution < 1.29 is 8.42 Å². The smallest absolute Gasteiger partial charge is 0.199 e. The molecule has 0 bridgehead atoms. The minimum Gasteiger partial charge on any atom is -0.199 e. The van der Waals surface area contributed by atoms with Crippen molar-refractivity contribution in [2.45, 2.75) is 11.8 Å². The first-order chi connectivity index (χ1) is 6.00. The molecule has 0 N–H and O–H groups in total. The van der Waals surface area contributed by atoms with Gasteiger partial charge < -0.3 is 0 Å². The van der Waals surface area contributed by atoms with Crippen molar-refractivity contribution >= 4 is 38.3 Å². The molecule has 0 aromatic heterocycles. The van der Waals surface area contributed by atoms with Crippen molar-refractivity contribution in [2.24, 2.45) is 4.40 Å². The van der Waals surface area contributed by atoms with Gasteiger partial charge in [0.15, 0.2) is 0 Å². The number of hydrogen-bond donors (Lipinski definition) is 0. The molecule has 1 aromatic carbocycles. The predicted molar refractivity (Wildman–Crippen MR) is 58.6 cm³/mol. The van der Waals surface area contributed by atoms with E-state index in [-0.39, 0.29) is 0 Å². The van der Waals surface area contributed by atoms with Gasteiger partial charge in [-0.25, -0.2) is 0 Å². The van der Waals surface area contributed by atoms with Crippen LogP contribution in [0.4, 0.5) is 0 Å². The van der Waals surface area contributed by atoms with Gasteiger partial charge in [-0.1, -0.05) is 6.07 Å². The normalized spacial score (nSPS) is 18.2. The summed E-state index contributed by atoms with van der Waals surface area (Å²) in [5.74, 6) is 0. The number of nitrogens with zero attached hydrogens (tertiary/aromatic N) is 1. The molecule has 13 heavy (non-hydrogen) atoms. The quantitative estimate of drug-likeness (QED) is 0.686. The summed E-state index contributed by atoms with van der Waals surface area (Å²) in [4.78, 5) is 0.330. The lowest BCUT2D eigenvalue weighted by Gasteiger charge is -1.97. The molecule has 2 rings (SSSR count). The van der Waals surface area contributed by atoms with Crippen molar-refractivity contribution in [2.75, 3.05) is 0 Å². The Kier molecular flexibility index (Phi) is 1.95. The molecule has 1 aliphatic rings. The second kappa shape index (κ2) is 2.78. The lowest BCUT2D eigenvalue weighted by molar-refractivity contribution is 0.599. The topological polar surface area (TPSA) is 46.5 Å². The third kappa shape index (κ3) is 1.39. The van der Waals surface area contributed by atoms with Gasteiger partial charge in [0.1, 0.15) is 0 Å². The van der Waals surface area contributed by atoms with E-state index in [1.807, 2.05) is 6.07 Å². The van der Waals surface area contributed by atoms with Crippen LogP contribution in [0.25, 0.3) is 0 Å². The van der Waals surface area contributed by atoms with E-state index in [0.717, 1.165) is 9.13 Å². The molecule has 1 aliphatic heterocycles. The lowest BCUT2D eigenvalue weighted by atomic mass is 10.1. The Morgan fingerprint density at radius 2 is 2.08 bits per heavy atom. The maximum absolute atomic E-state index is 11.4. The molecule has 1 heterocycles. The molecule has 3 nitrogen and oxygen atoms in total. The molecule has 0 atom stereocenters. The third-order valence-electron chi connectivity index (χ3n) is 1.87. The van der Waals surface area contributed by atoms with Crippen molar-refractivity contribution in [3.8, 4) is 0 Å². The minimum atomic E-state index is -3.39. The first-order valence-corrected chi connectivity index (χ1v) is 6.14. The highest BCUT2D eigenvalue weighted by atomic mass is 127. The van der Waals surface area contributed by atoms with Crippen molar-refractivity contribution in [3.63, 3.8) is 0 Å². The number of halogens is 1. The molecule has 1 aromatic rings. The van der Waals surface area contributed by atoms with Gasteiger partial charge in [-0.3, -0.25) is 0 Å². The van der Waals surface area contributed by atoms with Gasteiger partial charge in [0.05, 0.1) is 10.6 Å². The fraction of sp³-hybridized carbons (Fsp3) is 0.125. The number of benzene rings is 1. The van der Waals surface area contributed by atoms with E-state index in [2.05, 4.69) is 27.0 Å². The second-order valence-electron chi connectivity index (χ2n) is 2.79. The van der Waals surface area contributed by atoms with E-state index < -0.39 is 10.0 Å². The molecule has 0 aliphatic carbocycles. The maximum Gasteiger partial charge on any atom is 0.283 e. The fourth-order valence-corrected chi connectivity index (χ4v) is 3.32. The number of fused-ring (bicyclic) bond motifs is 1. The fourth-order valence-electron chi connectivity index (χ4n) is 1.29. The first-order valence-electron chi connectivity index (χ1n) is 3.62. The summed E-state index contributed by atoms with van der Waals surface area (Å²) >= 11 is 2.08. The highest BCUT2D eigenvalue weighted by Crippen LogP contribution is 2.27. The predicted octanol–water partition coefficient (Wildman–Crippen LogP) is 1.80. The largest absolute Gasteiger partial charge is 0.283 e. The van der Waals surface area contributed by atoms with Gasteiger partial charge in [-0.2, -0.15) is 12.8 Å². The van der Waals surface area contributed by atoms with E-state index in [1.165, 1.54) is 0 Å². The zero-order chi connectivity index (χ0) is 9.64. The molecular formula is C8H6INO2S. The molecule has 0 saturated heterocycles. The van der Waals surface area contributed by atoms with Crippen LogP contribution >= 0.6 is 22.6 Å². The van der Waals surface area contributed by atoms with Crippen molar-refractivity contribution in [1.29, 1.82) is 0 Å². The Morgan fingerprint density at radius 1 is 1.38 bits per heavy atom. The molecule has 68 valence electrons. The Morgan fingerprint density at radius 3 is 2.77 bits per heavy atom. The van der Waals surface area contributed by atoms with Crippen LogP contribution < -0.4 is 0 Å². The van der Waals surface area contributed by atoms with Crippen LogP contribution in [-0.4, -0.2) is 14.1 Å². The van der Waals surface area contributed by atoms with E-state index in [1.54, 1.807) is 19.1 Å². The van der Waals surface area contributed by atoms with Gasteiger partial charge in [-0.05, 0) is 41.6 Å². The van der Waals surface area contributed by atoms with Crippen LogP contribution in [0, 0.1) is 3.57 Å². The molecular weight excluding hydrogens is 301 g/mol. The summed E-state index contributed by atoms with van der Waals surface area (Å²) in [5, 5.41) is 0. The Balaban J connectivity index is 2.83. The molecule has 0 amide bonds. The Bertz CT molecular complexity index is 505. The SMILES string of the molecule is CC1=NS(=O)(=O)c2cc(I)ccc21. The Labute approximate surface area is 90.1 Å². The number of rotatable bonds is 0. The minimum absolute atomic E-state index is 0.330. The highest BCUT2D eigenvalue weighted by Gasteiger charge is 2.26. The summed E-state index contributed by atoms with van der Waals surface area (Å²) < 4.78 is 27.4. The van der Waals surface area contributed by atoms with Crippen LogP contribution in [0.15, 0.2) is 27.5 Å². The molecule has 0 radical (unpaired) electrons. The van der Waals surface area contributed by atoms with E-state index in [9.17, 15) is 8.42 Å². The average molecular weight is 307 g/mol. The number of sulfonamides is 1. The standard InChI is InChI=1S/C8H6INO2S/c1-5-7-3-2-6(9)4-8(7)13(11,12)10-5/h2-4H,1H3. The summed E-state index contributed by atoms with van der Waals surface area (Å²) in [6, 6.07) is 5.31. The zero-order valence-electron chi connectivity index (χ0n) is 6.78. The van der Waals surface area contributed by atoms with E-state index in [4.69, 9.17) is 0 Å². The van der Waals surface area contributed by atoms with Crippen LogP contribution in [0.5, 0.6) is 0 Å². The Hall–Kier alpha value is -0.430. The lowest BCUT2D eigenvalue weighted by Crippen LogP contribution is -1.94. The molecule has 0 unspecified atom stereocenters. The highest BCUT2D eigenvalue weighted by molar-refractivity contribution is 14.1. The van der Waals surface area contributed by atoms with Gasteiger partial charge in [-0.15, -0.1) is 0 Å². The third-order valence-corrected chi connectivity index (χ3v) is 3.95. The average Bonchev–Trinajstić information content (AvgIpc) is 2.23. The van der Waals surface area contributed by atoms with Gasteiger partial charge in [0.2, 0.25) is 0 Å². The number of hydrogen-bond acceptors (Lipinski definition) is 2. The second-order valence-corrected chi connectivity index (χ2v) is 5.61. The van der Waals surface area contributed by atoms with Crippen molar-refractivity contribution in [1.82, 2.24) is 0 Å². The zero-order valence-corrected chi connectivity index (χ0v) is 9.76. The summed E-state index contributed by atoms with van der Waals surface area (Å²) in [7, 11) is -3.39. The molecule has 5 heteroatoms. The first kappa shape index (κ1) is 9.14. The van der Waals surface area contributed by atoms with E-state index in [0.29, 0.717) is 10.6 Å². The van der Waals surface area contributed by atoms with Crippen LogP contribution in [0.2, 0.25) is 0 Å². The summed E-state index contributed by atoms with van der Waals surface area (Å²) in [6.45, 7) is 1.70. The van der Waals surface area contributed by atoms with Crippen LogP contribution in [0.3, 0.4) is 0 Å². The molecule has 0 fully saturated rings. The van der Waals surface area contributed by atoms with Crippen molar-refractivity contribution in [3.05, 3.63) is 27.3 Å². The van der Waals surface area contributed by atoms with Gasteiger partial charge in [0.25, 0.3) is 10.0 Å². The monoisotopic (exact) mass is 307 g/mol.